The number of esters is 1. The van der Waals surface area contributed by atoms with Crippen molar-refractivity contribution in [3.8, 4) is 22.8 Å². The van der Waals surface area contributed by atoms with Gasteiger partial charge in [0.15, 0.2) is 5.76 Å². The molecule has 0 fully saturated rings. The molecular formula is C21H22N2O7. The fourth-order valence-electron chi connectivity index (χ4n) is 3.15. The summed E-state index contributed by atoms with van der Waals surface area (Å²) in [5.41, 5.74) is 1.12. The quantitative estimate of drug-likeness (QED) is 0.478. The average Bonchev–Trinajstić information content (AvgIpc) is 3.24. The minimum absolute atomic E-state index is 0.0313. The van der Waals surface area contributed by atoms with Gasteiger partial charge in [-0.1, -0.05) is 0 Å². The topological polar surface area (TPSA) is 135 Å². The molecule has 9 heteroatoms. The molecule has 3 N–H and O–H groups in total. The van der Waals surface area contributed by atoms with E-state index in [9.17, 15) is 19.8 Å². The zero-order chi connectivity index (χ0) is 21.7. The summed E-state index contributed by atoms with van der Waals surface area (Å²) < 4.78 is 15.8. The molecule has 3 aromatic rings. The Balaban J connectivity index is 2.13. The number of aromatic amines is 1. The Bertz CT molecular complexity index is 1070. The molecule has 2 aromatic heterocycles. The van der Waals surface area contributed by atoms with Crippen LogP contribution >= 0.6 is 0 Å². The Morgan fingerprint density at radius 3 is 2.67 bits per heavy atom. The van der Waals surface area contributed by atoms with Crippen molar-refractivity contribution in [1.82, 2.24) is 10.2 Å². The summed E-state index contributed by atoms with van der Waals surface area (Å²) >= 11 is 0. The number of benzene rings is 1. The van der Waals surface area contributed by atoms with Crippen molar-refractivity contribution in [2.45, 2.75) is 25.9 Å². The van der Waals surface area contributed by atoms with Crippen LogP contribution in [-0.2, 0) is 16.1 Å². The predicted molar refractivity (Wildman–Crippen MR) is 106 cm³/mol. The van der Waals surface area contributed by atoms with Gasteiger partial charge in [-0.15, -0.1) is 0 Å². The normalized spacial score (nSPS) is 11.8. The molecule has 0 radical (unpaired) electrons. The molecule has 0 saturated heterocycles. The fourth-order valence-corrected chi connectivity index (χ4v) is 3.15. The molecule has 2 heterocycles. The van der Waals surface area contributed by atoms with Gasteiger partial charge in [-0.3, -0.25) is 14.7 Å². The lowest BCUT2D eigenvalue weighted by Gasteiger charge is -2.17. The maximum absolute atomic E-state index is 12.3. The lowest BCUT2D eigenvalue weighted by molar-refractivity contribution is -0.143. The van der Waals surface area contributed by atoms with Crippen molar-refractivity contribution in [3.63, 3.8) is 0 Å². The van der Waals surface area contributed by atoms with Crippen LogP contribution in [0.3, 0.4) is 0 Å². The third-order valence-electron chi connectivity index (χ3n) is 4.57. The number of nitrogens with zero attached hydrogens (tertiary/aromatic N) is 1. The molecular weight excluding hydrogens is 392 g/mol. The number of rotatable bonds is 8. The second-order valence-electron chi connectivity index (χ2n) is 6.44. The van der Waals surface area contributed by atoms with Gasteiger partial charge in [-0.05, 0) is 31.2 Å². The van der Waals surface area contributed by atoms with Crippen molar-refractivity contribution in [3.05, 3.63) is 63.8 Å². The number of aliphatic hydroxyl groups excluding tert-OH is 1. The van der Waals surface area contributed by atoms with E-state index < -0.39 is 29.7 Å². The van der Waals surface area contributed by atoms with Crippen molar-refractivity contribution >= 4 is 5.97 Å². The minimum atomic E-state index is -0.876. The molecule has 1 aromatic carbocycles. The van der Waals surface area contributed by atoms with Gasteiger partial charge in [0.2, 0.25) is 11.2 Å². The number of carbonyl (C=O) groups excluding carboxylic acids is 1. The summed E-state index contributed by atoms with van der Waals surface area (Å²) in [4.78, 5) is 24.4. The van der Waals surface area contributed by atoms with Crippen LogP contribution in [0, 0.1) is 0 Å². The van der Waals surface area contributed by atoms with Crippen molar-refractivity contribution in [2.24, 2.45) is 0 Å². The third-order valence-corrected chi connectivity index (χ3v) is 4.57. The van der Waals surface area contributed by atoms with E-state index in [1.807, 2.05) is 0 Å². The summed E-state index contributed by atoms with van der Waals surface area (Å²) in [5.74, 6) is -1.56. The zero-order valence-electron chi connectivity index (χ0n) is 16.5. The molecule has 0 spiro atoms. The first-order valence-electron chi connectivity index (χ1n) is 9.28. The Morgan fingerprint density at radius 2 is 2.03 bits per heavy atom. The third kappa shape index (κ3) is 4.36. The zero-order valence-corrected chi connectivity index (χ0v) is 16.5. The number of carbonyl (C=O) groups is 1. The lowest BCUT2D eigenvalue weighted by atomic mass is 9.90. The molecule has 1 atom stereocenters. The fraction of sp³-hybridized carbons (Fsp3) is 0.286. The molecule has 9 nitrogen and oxygen atoms in total. The van der Waals surface area contributed by atoms with Gasteiger partial charge in [-0.2, -0.15) is 5.10 Å². The predicted octanol–water partition coefficient (Wildman–Crippen LogP) is 2.32. The van der Waals surface area contributed by atoms with Crippen LogP contribution in [-0.4, -0.2) is 40.1 Å². The highest BCUT2D eigenvalue weighted by atomic mass is 16.5. The molecule has 0 amide bonds. The first-order valence-corrected chi connectivity index (χ1v) is 9.28. The number of H-pyrrole nitrogens is 1. The monoisotopic (exact) mass is 414 g/mol. The Hall–Kier alpha value is -3.59. The highest BCUT2D eigenvalue weighted by Gasteiger charge is 2.30. The van der Waals surface area contributed by atoms with Crippen LogP contribution in [0.5, 0.6) is 11.5 Å². The van der Waals surface area contributed by atoms with E-state index in [0.29, 0.717) is 17.0 Å². The maximum atomic E-state index is 12.3. The smallest absolute Gasteiger partial charge is 0.306 e. The van der Waals surface area contributed by atoms with Gasteiger partial charge >= 0.3 is 5.97 Å². The number of aromatic hydroxyl groups is 1. The van der Waals surface area contributed by atoms with Crippen molar-refractivity contribution in [1.29, 1.82) is 0 Å². The van der Waals surface area contributed by atoms with E-state index in [4.69, 9.17) is 13.9 Å². The van der Waals surface area contributed by atoms with Crippen LogP contribution in [0.4, 0.5) is 0 Å². The molecule has 0 aliphatic carbocycles. The first kappa shape index (κ1) is 21.1. The highest BCUT2D eigenvalue weighted by molar-refractivity contribution is 5.73. The molecule has 3 rings (SSSR count). The summed E-state index contributed by atoms with van der Waals surface area (Å²) in [6, 6.07) is 8.14. The van der Waals surface area contributed by atoms with Crippen LogP contribution in [0.25, 0.3) is 11.3 Å². The Morgan fingerprint density at radius 1 is 1.30 bits per heavy atom. The second kappa shape index (κ2) is 9.27. The van der Waals surface area contributed by atoms with E-state index in [-0.39, 0.29) is 24.5 Å². The standard InChI is InChI=1S/C21H22N2O7/c1-3-29-18(26)9-15(21-20(27)17(25)8-14(11-24)30-21)16-10-22-23-19(16)12-4-6-13(28-2)7-5-12/h4-8,10,15,24,27H,3,9,11H2,1-2H3,(H,22,23)/t15-/m1/s1. The van der Waals surface area contributed by atoms with E-state index in [2.05, 4.69) is 10.2 Å². The molecule has 0 bridgehead atoms. The number of hydrogen-bond donors (Lipinski definition) is 3. The lowest BCUT2D eigenvalue weighted by Crippen LogP contribution is -2.15. The average molecular weight is 414 g/mol. The van der Waals surface area contributed by atoms with Crippen LogP contribution in [0.15, 0.2) is 45.7 Å². The molecule has 30 heavy (non-hydrogen) atoms. The SMILES string of the molecule is CCOC(=O)C[C@H](c1cn[nH]c1-c1ccc(OC)cc1)c1oc(CO)cc(=O)c1O. The number of aromatic nitrogens is 2. The number of nitrogens with one attached hydrogen (secondary N) is 1. The molecule has 0 aliphatic heterocycles. The van der Waals surface area contributed by atoms with Gasteiger partial charge in [0.25, 0.3) is 0 Å². The molecule has 158 valence electrons. The van der Waals surface area contributed by atoms with E-state index in [0.717, 1.165) is 11.6 Å². The molecule has 0 aliphatic rings. The van der Waals surface area contributed by atoms with E-state index in [1.165, 1.54) is 6.20 Å². The van der Waals surface area contributed by atoms with Crippen LogP contribution in [0.1, 0.15) is 36.3 Å². The van der Waals surface area contributed by atoms with Gasteiger partial charge in [0.1, 0.15) is 18.1 Å². The van der Waals surface area contributed by atoms with Gasteiger partial charge < -0.3 is 24.1 Å². The van der Waals surface area contributed by atoms with Crippen molar-refractivity contribution in [2.75, 3.05) is 13.7 Å². The van der Waals surface area contributed by atoms with Gasteiger partial charge in [0, 0.05) is 17.2 Å². The van der Waals surface area contributed by atoms with E-state index >= 15 is 0 Å². The van der Waals surface area contributed by atoms with Gasteiger partial charge in [0.05, 0.1) is 37.9 Å². The van der Waals surface area contributed by atoms with Crippen LogP contribution in [0.2, 0.25) is 0 Å². The van der Waals surface area contributed by atoms with Crippen LogP contribution < -0.4 is 10.2 Å². The number of methoxy groups -OCH3 is 1. The first-order chi connectivity index (χ1) is 14.5. The second-order valence-corrected chi connectivity index (χ2v) is 6.44. The van der Waals surface area contributed by atoms with Crippen molar-refractivity contribution < 1.29 is 28.9 Å². The summed E-state index contributed by atoms with van der Waals surface area (Å²) in [5, 5.41) is 26.7. The molecule has 0 unspecified atom stereocenters. The summed E-state index contributed by atoms with van der Waals surface area (Å²) in [6.45, 7) is 1.32. The highest BCUT2D eigenvalue weighted by Crippen LogP contribution is 2.38. The number of hydrogen-bond acceptors (Lipinski definition) is 8. The maximum Gasteiger partial charge on any atom is 0.306 e. The van der Waals surface area contributed by atoms with Gasteiger partial charge in [-0.25, -0.2) is 0 Å². The number of aliphatic hydroxyl groups is 1. The molecule has 0 saturated carbocycles. The Kier molecular flexibility index (Phi) is 6.53. The summed E-state index contributed by atoms with van der Waals surface area (Å²) in [7, 11) is 1.56. The number of ether oxygens (including phenoxy) is 2. The Labute approximate surface area is 171 Å². The van der Waals surface area contributed by atoms with E-state index in [1.54, 1.807) is 38.3 Å². The largest absolute Gasteiger partial charge is 0.502 e. The summed E-state index contributed by atoms with van der Waals surface area (Å²) in [6.07, 6.45) is 1.29. The minimum Gasteiger partial charge on any atom is -0.502 e.